The van der Waals surface area contributed by atoms with Gasteiger partial charge in [0, 0.05) is 12.6 Å². The van der Waals surface area contributed by atoms with Crippen LogP contribution in [0.3, 0.4) is 0 Å². The molecule has 1 heterocycles. The maximum absolute atomic E-state index is 12.9. The van der Waals surface area contributed by atoms with Gasteiger partial charge in [-0.3, -0.25) is 4.98 Å². The SMILES string of the molecule is CNS(=O)(=O)Cc1ccc(CNC(C)c2ccc(F)cn2)cc1. The Balaban J connectivity index is 1.92. The minimum Gasteiger partial charge on any atom is -0.305 e. The van der Waals surface area contributed by atoms with Crippen LogP contribution >= 0.6 is 0 Å². The molecule has 0 aliphatic heterocycles. The van der Waals surface area contributed by atoms with Crippen molar-refractivity contribution in [3.63, 3.8) is 0 Å². The molecule has 0 bridgehead atoms. The highest BCUT2D eigenvalue weighted by molar-refractivity contribution is 7.88. The van der Waals surface area contributed by atoms with Crippen LogP contribution in [0.15, 0.2) is 42.6 Å². The highest BCUT2D eigenvalue weighted by atomic mass is 32.2. The summed E-state index contributed by atoms with van der Waals surface area (Å²) in [5.41, 5.74) is 2.53. The van der Waals surface area contributed by atoms with Gasteiger partial charge in [0.15, 0.2) is 0 Å². The summed E-state index contributed by atoms with van der Waals surface area (Å²) in [4.78, 5) is 4.04. The average molecular weight is 337 g/mol. The molecule has 0 aliphatic rings. The summed E-state index contributed by atoms with van der Waals surface area (Å²) in [5, 5.41) is 3.30. The van der Waals surface area contributed by atoms with Crippen molar-refractivity contribution in [1.29, 1.82) is 0 Å². The smallest absolute Gasteiger partial charge is 0.215 e. The van der Waals surface area contributed by atoms with Gasteiger partial charge in [0.2, 0.25) is 10.0 Å². The molecule has 0 fully saturated rings. The molecular weight excluding hydrogens is 317 g/mol. The Morgan fingerprint density at radius 3 is 2.35 bits per heavy atom. The van der Waals surface area contributed by atoms with Gasteiger partial charge >= 0.3 is 0 Å². The summed E-state index contributed by atoms with van der Waals surface area (Å²) in [7, 11) is -1.85. The maximum Gasteiger partial charge on any atom is 0.215 e. The van der Waals surface area contributed by atoms with Crippen LogP contribution in [0.4, 0.5) is 4.39 Å². The number of hydrogen-bond acceptors (Lipinski definition) is 4. The minimum atomic E-state index is -3.26. The molecule has 1 atom stereocenters. The lowest BCUT2D eigenvalue weighted by Crippen LogP contribution is -2.20. The van der Waals surface area contributed by atoms with E-state index in [9.17, 15) is 12.8 Å². The number of nitrogens with zero attached hydrogens (tertiary/aromatic N) is 1. The van der Waals surface area contributed by atoms with Crippen molar-refractivity contribution >= 4 is 10.0 Å². The normalized spacial score (nSPS) is 13.0. The second-order valence-electron chi connectivity index (χ2n) is 5.28. The van der Waals surface area contributed by atoms with Gasteiger partial charge in [-0.1, -0.05) is 24.3 Å². The summed E-state index contributed by atoms with van der Waals surface area (Å²) in [5.74, 6) is -0.388. The largest absolute Gasteiger partial charge is 0.305 e. The van der Waals surface area contributed by atoms with E-state index in [1.165, 1.54) is 19.3 Å². The number of aromatic nitrogens is 1. The van der Waals surface area contributed by atoms with E-state index in [2.05, 4.69) is 15.0 Å². The Labute approximate surface area is 136 Å². The molecule has 0 spiro atoms. The molecule has 1 aromatic heterocycles. The molecule has 2 N–H and O–H groups in total. The first-order chi connectivity index (χ1) is 10.9. The van der Waals surface area contributed by atoms with E-state index in [4.69, 9.17) is 0 Å². The zero-order chi connectivity index (χ0) is 16.9. The standard InChI is InChI=1S/C16H20FN3O2S/c1-12(16-8-7-15(17)10-20-16)19-9-13-3-5-14(6-4-13)11-23(21,22)18-2/h3-8,10,12,18-19H,9,11H2,1-2H3. The Morgan fingerprint density at radius 1 is 1.13 bits per heavy atom. The van der Waals surface area contributed by atoms with Crippen LogP contribution in [0.1, 0.15) is 29.8 Å². The van der Waals surface area contributed by atoms with Crippen molar-refractivity contribution in [1.82, 2.24) is 15.0 Å². The van der Waals surface area contributed by atoms with Crippen LogP contribution in [-0.2, 0) is 22.3 Å². The molecule has 124 valence electrons. The van der Waals surface area contributed by atoms with Gasteiger partial charge < -0.3 is 5.32 Å². The van der Waals surface area contributed by atoms with Crippen LogP contribution in [-0.4, -0.2) is 20.4 Å². The maximum atomic E-state index is 12.9. The number of sulfonamides is 1. The zero-order valence-electron chi connectivity index (χ0n) is 13.1. The predicted octanol–water partition coefficient (Wildman–Crippen LogP) is 2.12. The number of pyridine rings is 1. The zero-order valence-corrected chi connectivity index (χ0v) is 13.9. The number of hydrogen-bond donors (Lipinski definition) is 2. The first kappa shape index (κ1) is 17.5. The van der Waals surface area contributed by atoms with Crippen LogP contribution < -0.4 is 10.0 Å². The monoisotopic (exact) mass is 337 g/mol. The molecule has 2 aromatic rings. The summed E-state index contributed by atoms with van der Waals surface area (Å²) >= 11 is 0. The topological polar surface area (TPSA) is 71.1 Å². The molecule has 0 saturated heterocycles. The van der Waals surface area contributed by atoms with Crippen molar-refractivity contribution in [3.05, 3.63) is 65.2 Å². The molecule has 0 amide bonds. The van der Waals surface area contributed by atoms with Gasteiger partial charge in [0.25, 0.3) is 0 Å². The number of benzene rings is 1. The van der Waals surface area contributed by atoms with E-state index in [0.717, 1.165) is 16.8 Å². The molecule has 5 nitrogen and oxygen atoms in total. The average Bonchev–Trinajstić information content (AvgIpc) is 2.54. The first-order valence-corrected chi connectivity index (χ1v) is 8.89. The highest BCUT2D eigenvalue weighted by Crippen LogP contribution is 2.12. The molecule has 1 aromatic carbocycles. The third kappa shape index (κ3) is 5.38. The molecule has 0 radical (unpaired) electrons. The van der Waals surface area contributed by atoms with Crippen LogP contribution in [0, 0.1) is 5.82 Å². The molecule has 1 unspecified atom stereocenters. The van der Waals surface area contributed by atoms with E-state index >= 15 is 0 Å². The number of nitrogens with one attached hydrogen (secondary N) is 2. The quantitative estimate of drug-likeness (QED) is 0.812. The fourth-order valence-electron chi connectivity index (χ4n) is 2.06. The molecule has 23 heavy (non-hydrogen) atoms. The molecular formula is C16H20FN3O2S. The second kappa shape index (κ2) is 7.63. The Morgan fingerprint density at radius 2 is 1.78 bits per heavy atom. The first-order valence-electron chi connectivity index (χ1n) is 7.23. The fraction of sp³-hybridized carbons (Fsp3) is 0.312. The van der Waals surface area contributed by atoms with E-state index < -0.39 is 10.0 Å². The summed E-state index contributed by atoms with van der Waals surface area (Å²) in [6.07, 6.45) is 1.20. The lowest BCUT2D eigenvalue weighted by atomic mass is 10.1. The lowest BCUT2D eigenvalue weighted by Gasteiger charge is -2.13. The van der Waals surface area contributed by atoms with Crippen LogP contribution in [0.2, 0.25) is 0 Å². The van der Waals surface area contributed by atoms with E-state index in [0.29, 0.717) is 6.54 Å². The lowest BCUT2D eigenvalue weighted by molar-refractivity contribution is 0.554. The van der Waals surface area contributed by atoms with Gasteiger partial charge in [0.1, 0.15) is 5.82 Å². The summed E-state index contributed by atoms with van der Waals surface area (Å²) in [6, 6.07) is 10.4. The van der Waals surface area contributed by atoms with Gasteiger partial charge in [-0.05, 0) is 37.2 Å². The van der Waals surface area contributed by atoms with Gasteiger partial charge in [-0.2, -0.15) is 0 Å². The van der Waals surface area contributed by atoms with E-state index in [-0.39, 0.29) is 17.6 Å². The van der Waals surface area contributed by atoms with Crippen LogP contribution in [0.25, 0.3) is 0 Å². The number of rotatable bonds is 7. The van der Waals surface area contributed by atoms with E-state index in [1.807, 2.05) is 19.1 Å². The van der Waals surface area contributed by atoms with Gasteiger partial charge in [-0.25, -0.2) is 17.5 Å². The molecule has 7 heteroatoms. The van der Waals surface area contributed by atoms with Crippen LogP contribution in [0.5, 0.6) is 0 Å². The second-order valence-corrected chi connectivity index (χ2v) is 7.21. The summed E-state index contributed by atoms with van der Waals surface area (Å²) in [6.45, 7) is 2.56. The van der Waals surface area contributed by atoms with Crippen molar-refractivity contribution < 1.29 is 12.8 Å². The van der Waals surface area contributed by atoms with Crippen molar-refractivity contribution in [2.45, 2.75) is 25.3 Å². The fourth-order valence-corrected chi connectivity index (χ4v) is 2.84. The van der Waals surface area contributed by atoms with E-state index in [1.54, 1.807) is 18.2 Å². The third-order valence-corrected chi connectivity index (χ3v) is 4.83. The summed E-state index contributed by atoms with van der Waals surface area (Å²) < 4.78 is 38.1. The minimum absolute atomic E-state index is 0.0139. The Kier molecular flexibility index (Phi) is 5.81. The Hall–Kier alpha value is -1.83. The van der Waals surface area contributed by atoms with Crippen molar-refractivity contribution in [2.75, 3.05) is 7.05 Å². The molecule has 0 saturated carbocycles. The molecule has 0 aliphatic carbocycles. The predicted molar refractivity (Wildman–Crippen MR) is 87.6 cm³/mol. The highest BCUT2D eigenvalue weighted by Gasteiger charge is 2.09. The van der Waals surface area contributed by atoms with Gasteiger partial charge in [0.05, 0.1) is 17.6 Å². The van der Waals surface area contributed by atoms with Gasteiger partial charge in [-0.15, -0.1) is 0 Å². The van der Waals surface area contributed by atoms with Crippen molar-refractivity contribution in [2.24, 2.45) is 0 Å². The Bertz CT molecular complexity index is 731. The third-order valence-electron chi connectivity index (χ3n) is 3.50. The molecule has 2 rings (SSSR count). The number of halogens is 1. The van der Waals surface area contributed by atoms with Crippen molar-refractivity contribution in [3.8, 4) is 0 Å².